The molecule has 0 spiro atoms. The monoisotopic (exact) mass is 279 g/mol. The van der Waals surface area contributed by atoms with Crippen molar-refractivity contribution >= 4 is 11.8 Å². The molecule has 3 heterocycles. The summed E-state index contributed by atoms with van der Waals surface area (Å²) in [6.07, 6.45) is 4.19. The summed E-state index contributed by atoms with van der Waals surface area (Å²) in [4.78, 5) is 23.9. The van der Waals surface area contributed by atoms with Crippen LogP contribution in [0.25, 0.3) is 0 Å². The fraction of sp³-hybridized carbons (Fsp3) is 0.615. The van der Waals surface area contributed by atoms with E-state index in [0.717, 1.165) is 25.7 Å². The maximum absolute atomic E-state index is 12.3. The fourth-order valence-corrected chi connectivity index (χ4v) is 3.22. The molecule has 0 radical (unpaired) electrons. The van der Waals surface area contributed by atoms with Crippen molar-refractivity contribution in [2.45, 2.75) is 43.8 Å². The molecular weight excluding hydrogens is 262 g/mol. The normalized spacial score (nSPS) is 28.4. The number of piperidine rings is 1. The molecule has 2 bridgehead atoms. The number of nitrogens with zero attached hydrogens (tertiary/aromatic N) is 2. The average molecular weight is 279 g/mol. The number of hydrogen-bond acceptors (Lipinski definition) is 5. The quantitative estimate of drug-likeness (QED) is 0.669. The van der Waals surface area contributed by atoms with Crippen LogP contribution in [-0.2, 0) is 0 Å². The second kappa shape index (κ2) is 4.90. The zero-order valence-corrected chi connectivity index (χ0v) is 11.2. The molecule has 2 atom stereocenters. The van der Waals surface area contributed by atoms with Crippen LogP contribution in [0.5, 0.6) is 0 Å². The van der Waals surface area contributed by atoms with Crippen LogP contribution in [0.3, 0.4) is 0 Å². The number of nitrogens with one attached hydrogen (secondary N) is 1. The predicted molar refractivity (Wildman–Crippen MR) is 70.4 cm³/mol. The van der Waals surface area contributed by atoms with Crippen molar-refractivity contribution in [3.8, 4) is 0 Å². The Morgan fingerprint density at radius 3 is 2.60 bits per heavy atom. The van der Waals surface area contributed by atoms with Gasteiger partial charge < -0.3 is 14.6 Å². The Morgan fingerprint density at radius 1 is 1.40 bits per heavy atom. The van der Waals surface area contributed by atoms with Gasteiger partial charge in [0.1, 0.15) is 4.92 Å². The van der Waals surface area contributed by atoms with Gasteiger partial charge in [0.2, 0.25) is 0 Å². The van der Waals surface area contributed by atoms with Crippen molar-refractivity contribution in [3.05, 3.63) is 28.0 Å². The molecule has 108 valence electrons. The van der Waals surface area contributed by atoms with E-state index in [1.807, 2.05) is 0 Å². The van der Waals surface area contributed by atoms with Crippen molar-refractivity contribution in [1.82, 2.24) is 10.2 Å². The molecule has 1 N–H and O–H groups in total. The molecular formula is C13H17N3O4. The summed E-state index contributed by atoms with van der Waals surface area (Å²) < 4.78 is 4.98. The van der Waals surface area contributed by atoms with E-state index in [1.165, 1.54) is 12.1 Å². The third-order valence-corrected chi connectivity index (χ3v) is 4.30. The van der Waals surface area contributed by atoms with Crippen LogP contribution >= 0.6 is 0 Å². The smallest absolute Gasteiger partial charge is 0.395 e. The molecule has 7 heteroatoms. The number of nitro groups is 1. The lowest BCUT2D eigenvalue weighted by atomic mass is 9.98. The number of fused-ring (bicyclic) bond motifs is 2. The number of carbonyl (C=O) groups excluding carboxylic acids is 1. The summed E-state index contributed by atoms with van der Waals surface area (Å²) in [6.45, 7) is 0. The number of hydrogen-bond donors (Lipinski definition) is 1. The molecule has 2 unspecified atom stereocenters. The van der Waals surface area contributed by atoms with Gasteiger partial charge in [0, 0.05) is 25.2 Å². The summed E-state index contributed by atoms with van der Waals surface area (Å²) in [6, 6.07) is 3.73. The molecule has 2 aliphatic heterocycles. The van der Waals surface area contributed by atoms with Gasteiger partial charge in [-0.05, 0) is 31.7 Å². The van der Waals surface area contributed by atoms with E-state index in [-0.39, 0.29) is 17.7 Å². The van der Waals surface area contributed by atoms with E-state index >= 15 is 0 Å². The van der Waals surface area contributed by atoms with E-state index < -0.39 is 10.8 Å². The second-order valence-electron chi connectivity index (χ2n) is 5.57. The fourth-order valence-electron chi connectivity index (χ4n) is 3.22. The first kappa shape index (κ1) is 13.1. The third-order valence-electron chi connectivity index (χ3n) is 4.30. The van der Waals surface area contributed by atoms with Crippen LogP contribution in [0.1, 0.15) is 36.2 Å². The molecule has 2 saturated heterocycles. The van der Waals surface area contributed by atoms with Gasteiger partial charge >= 0.3 is 5.88 Å². The van der Waals surface area contributed by atoms with E-state index in [2.05, 4.69) is 5.32 Å². The van der Waals surface area contributed by atoms with Gasteiger partial charge in [-0.3, -0.25) is 14.9 Å². The molecule has 0 aliphatic carbocycles. The molecule has 0 aromatic carbocycles. The van der Waals surface area contributed by atoms with Crippen LogP contribution in [-0.4, -0.2) is 40.9 Å². The van der Waals surface area contributed by atoms with Crippen molar-refractivity contribution in [2.24, 2.45) is 0 Å². The lowest BCUT2D eigenvalue weighted by Gasteiger charge is -2.35. The van der Waals surface area contributed by atoms with E-state index in [9.17, 15) is 14.9 Å². The number of furan rings is 1. The average Bonchev–Trinajstić information content (AvgIpc) is 3.04. The maximum Gasteiger partial charge on any atom is 0.433 e. The van der Waals surface area contributed by atoms with Crippen LogP contribution < -0.4 is 5.32 Å². The van der Waals surface area contributed by atoms with Gasteiger partial charge in [-0.25, -0.2) is 0 Å². The van der Waals surface area contributed by atoms with Crippen molar-refractivity contribution < 1.29 is 14.1 Å². The lowest BCUT2D eigenvalue weighted by molar-refractivity contribution is -0.402. The standard InChI is InChI=1S/C13H17N3O4/c1-15(10-6-8-2-3-9(7-10)14-8)13(17)11-4-5-12(20-11)16(18)19/h4-5,8-10,14H,2-3,6-7H2,1H3. The Bertz CT molecular complexity index is 529. The van der Waals surface area contributed by atoms with Gasteiger partial charge in [0.05, 0.1) is 6.07 Å². The van der Waals surface area contributed by atoms with Crippen LogP contribution in [0.15, 0.2) is 16.5 Å². The summed E-state index contributed by atoms with van der Waals surface area (Å²) >= 11 is 0. The van der Waals surface area contributed by atoms with E-state index in [4.69, 9.17) is 4.42 Å². The molecule has 20 heavy (non-hydrogen) atoms. The minimum absolute atomic E-state index is 0.0325. The molecule has 0 saturated carbocycles. The molecule has 1 amide bonds. The highest BCUT2D eigenvalue weighted by molar-refractivity contribution is 5.91. The Balaban J connectivity index is 1.71. The maximum atomic E-state index is 12.3. The molecule has 2 aliphatic rings. The minimum atomic E-state index is -0.637. The zero-order valence-electron chi connectivity index (χ0n) is 11.2. The van der Waals surface area contributed by atoms with Gasteiger partial charge in [-0.1, -0.05) is 0 Å². The number of carbonyl (C=O) groups is 1. The largest absolute Gasteiger partial charge is 0.433 e. The van der Waals surface area contributed by atoms with Crippen LogP contribution in [0, 0.1) is 10.1 Å². The SMILES string of the molecule is CN(C(=O)c1ccc([N+](=O)[O-])o1)C1CC2CCC(C1)N2. The Hall–Kier alpha value is -1.89. The second-order valence-corrected chi connectivity index (χ2v) is 5.57. The summed E-state index contributed by atoms with van der Waals surface area (Å²) in [7, 11) is 1.74. The highest BCUT2D eigenvalue weighted by Crippen LogP contribution is 2.30. The summed E-state index contributed by atoms with van der Waals surface area (Å²) in [5, 5.41) is 14.1. The Morgan fingerprint density at radius 2 is 2.05 bits per heavy atom. The lowest BCUT2D eigenvalue weighted by Crippen LogP contribution is -2.48. The molecule has 1 aromatic rings. The van der Waals surface area contributed by atoms with Crippen molar-refractivity contribution in [1.29, 1.82) is 0 Å². The minimum Gasteiger partial charge on any atom is -0.395 e. The van der Waals surface area contributed by atoms with Gasteiger partial charge in [-0.15, -0.1) is 0 Å². The van der Waals surface area contributed by atoms with Crippen LogP contribution in [0.2, 0.25) is 0 Å². The van der Waals surface area contributed by atoms with E-state index in [1.54, 1.807) is 11.9 Å². The number of amides is 1. The van der Waals surface area contributed by atoms with Crippen molar-refractivity contribution in [2.75, 3.05) is 7.05 Å². The molecule has 7 nitrogen and oxygen atoms in total. The Kier molecular flexibility index (Phi) is 3.21. The highest BCUT2D eigenvalue weighted by Gasteiger charge is 2.37. The van der Waals surface area contributed by atoms with E-state index in [0.29, 0.717) is 12.1 Å². The molecule has 2 fully saturated rings. The first-order chi connectivity index (χ1) is 9.54. The number of rotatable bonds is 3. The highest BCUT2D eigenvalue weighted by atomic mass is 16.6. The summed E-state index contributed by atoms with van der Waals surface area (Å²) in [5.74, 6) is -0.651. The predicted octanol–water partition coefficient (Wildman–Crippen LogP) is 1.54. The van der Waals surface area contributed by atoms with Crippen LogP contribution in [0.4, 0.5) is 5.88 Å². The first-order valence-corrected chi connectivity index (χ1v) is 6.82. The molecule has 1 aromatic heterocycles. The Labute approximate surface area is 116 Å². The zero-order chi connectivity index (χ0) is 14.3. The van der Waals surface area contributed by atoms with Gasteiger partial charge in [0.25, 0.3) is 5.91 Å². The topological polar surface area (TPSA) is 88.6 Å². The van der Waals surface area contributed by atoms with Gasteiger partial charge in [-0.2, -0.15) is 0 Å². The third kappa shape index (κ3) is 2.29. The van der Waals surface area contributed by atoms with Crippen molar-refractivity contribution in [3.63, 3.8) is 0 Å². The molecule has 3 rings (SSSR count). The summed E-state index contributed by atoms with van der Waals surface area (Å²) in [5.41, 5.74) is 0. The first-order valence-electron chi connectivity index (χ1n) is 6.82. The van der Waals surface area contributed by atoms with Gasteiger partial charge in [0.15, 0.2) is 5.76 Å².